The van der Waals surface area contributed by atoms with Crippen LogP contribution in [0, 0.1) is 5.82 Å². The van der Waals surface area contributed by atoms with E-state index in [0.29, 0.717) is 5.82 Å². The highest BCUT2D eigenvalue weighted by atomic mass is 19.4. The fourth-order valence-electron chi connectivity index (χ4n) is 3.17. The first-order valence-corrected chi connectivity index (χ1v) is 9.32. The number of methoxy groups -OCH3 is 1. The van der Waals surface area contributed by atoms with Crippen molar-refractivity contribution in [1.82, 2.24) is 15.3 Å². The molecular formula is C20H19F4N3O4. The third-order valence-electron chi connectivity index (χ3n) is 4.54. The number of aromatic nitrogens is 2. The number of hydrogen-bond donors (Lipinski definition) is 2. The van der Waals surface area contributed by atoms with E-state index in [4.69, 9.17) is 4.74 Å². The van der Waals surface area contributed by atoms with Gasteiger partial charge in [0, 0.05) is 13.2 Å². The van der Waals surface area contributed by atoms with Gasteiger partial charge in [-0.05, 0) is 42.5 Å². The maximum Gasteiger partial charge on any atom is 0.573 e. The van der Waals surface area contributed by atoms with E-state index < -0.39 is 35.4 Å². The van der Waals surface area contributed by atoms with Crippen molar-refractivity contribution in [1.29, 1.82) is 0 Å². The summed E-state index contributed by atoms with van der Waals surface area (Å²) in [7, 11) is 1.34. The molecule has 3 rings (SSSR count). The van der Waals surface area contributed by atoms with Crippen LogP contribution in [-0.2, 0) is 4.74 Å². The van der Waals surface area contributed by atoms with E-state index in [-0.39, 0.29) is 17.9 Å². The summed E-state index contributed by atoms with van der Waals surface area (Å²) in [6, 6.07) is 2.91. The number of carbonyl (C=O) groups is 1. The molecule has 0 saturated heterocycles. The highest BCUT2D eigenvalue weighted by molar-refractivity contribution is 5.92. The SMILES string of the molecule is COC[C@@H](NC(=O)c1cc(=O)[nH]c(C2=CCCC2)n1)c1ccc(OC(F)(F)F)c(F)c1. The van der Waals surface area contributed by atoms with Gasteiger partial charge in [0.15, 0.2) is 11.6 Å². The van der Waals surface area contributed by atoms with Gasteiger partial charge in [0.1, 0.15) is 11.5 Å². The number of rotatable bonds is 7. The van der Waals surface area contributed by atoms with Crippen molar-refractivity contribution in [2.45, 2.75) is 31.7 Å². The molecule has 1 aliphatic rings. The molecule has 1 atom stereocenters. The predicted molar refractivity (Wildman–Crippen MR) is 102 cm³/mol. The Hall–Kier alpha value is -3.21. The van der Waals surface area contributed by atoms with Crippen molar-refractivity contribution in [3.63, 3.8) is 0 Å². The van der Waals surface area contributed by atoms with E-state index in [2.05, 4.69) is 20.0 Å². The minimum absolute atomic E-state index is 0.105. The van der Waals surface area contributed by atoms with Crippen molar-refractivity contribution in [3.8, 4) is 5.75 Å². The topological polar surface area (TPSA) is 93.3 Å². The average molecular weight is 441 g/mol. The molecule has 1 aromatic heterocycles. The standard InChI is InChI=1S/C20H19F4N3O4/c1-30-10-15(12-6-7-16(13(21)8-12)31-20(22,23)24)26-19(29)14-9-17(28)27-18(25-14)11-4-2-3-5-11/h4,6-9,15H,2-3,5,10H2,1H3,(H,26,29)(H,25,27,28)/t15-/m1/s1. The van der Waals surface area contributed by atoms with Gasteiger partial charge in [-0.15, -0.1) is 13.2 Å². The van der Waals surface area contributed by atoms with Gasteiger partial charge in [0.25, 0.3) is 11.5 Å². The first-order valence-electron chi connectivity index (χ1n) is 9.32. The fraction of sp³-hybridized carbons (Fsp3) is 0.350. The van der Waals surface area contributed by atoms with Crippen LogP contribution in [0.3, 0.4) is 0 Å². The molecule has 0 radical (unpaired) electrons. The van der Waals surface area contributed by atoms with Crippen molar-refractivity contribution >= 4 is 11.5 Å². The number of allylic oxidation sites excluding steroid dienone is 2. The number of alkyl halides is 3. The van der Waals surface area contributed by atoms with Gasteiger partial charge < -0.3 is 19.8 Å². The normalized spacial score (nSPS) is 14.8. The second-order valence-corrected chi connectivity index (χ2v) is 6.82. The number of hydrogen-bond acceptors (Lipinski definition) is 5. The molecule has 1 aromatic carbocycles. The zero-order chi connectivity index (χ0) is 22.6. The second-order valence-electron chi connectivity index (χ2n) is 6.82. The minimum atomic E-state index is -5.04. The Morgan fingerprint density at radius 1 is 1.32 bits per heavy atom. The van der Waals surface area contributed by atoms with E-state index in [0.717, 1.165) is 43.0 Å². The number of benzene rings is 1. The van der Waals surface area contributed by atoms with Crippen molar-refractivity contribution in [3.05, 3.63) is 63.6 Å². The van der Waals surface area contributed by atoms with E-state index in [1.807, 2.05) is 6.08 Å². The summed E-state index contributed by atoms with van der Waals surface area (Å²) in [4.78, 5) is 31.5. The van der Waals surface area contributed by atoms with E-state index in [1.165, 1.54) is 13.2 Å². The smallest absolute Gasteiger partial charge is 0.403 e. The van der Waals surface area contributed by atoms with Crippen molar-refractivity contribution < 1.29 is 31.8 Å². The molecule has 0 saturated carbocycles. The first-order chi connectivity index (χ1) is 14.7. The molecular weight excluding hydrogens is 422 g/mol. The predicted octanol–water partition coefficient (Wildman–Crippen LogP) is 3.49. The van der Waals surface area contributed by atoms with Gasteiger partial charge in [0.2, 0.25) is 0 Å². The van der Waals surface area contributed by atoms with Crippen LogP contribution in [0.5, 0.6) is 5.75 Å². The molecule has 166 valence electrons. The Morgan fingerprint density at radius 3 is 2.71 bits per heavy atom. The molecule has 0 spiro atoms. The lowest BCUT2D eigenvalue weighted by atomic mass is 10.1. The van der Waals surface area contributed by atoms with Gasteiger partial charge in [-0.25, -0.2) is 9.37 Å². The number of halogens is 4. The number of H-pyrrole nitrogens is 1. The summed E-state index contributed by atoms with van der Waals surface area (Å²) in [6.07, 6.45) is -0.607. The number of amides is 1. The zero-order valence-electron chi connectivity index (χ0n) is 16.4. The van der Waals surface area contributed by atoms with E-state index in [1.54, 1.807) is 0 Å². The Morgan fingerprint density at radius 2 is 2.10 bits per heavy atom. The van der Waals surface area contributed by atoms with Crippen molar-refractivity contribution in [2.24, 2.45) is 0 Å². The molecule has 2 aromatic rings. The summed E-state index contributed by atoms with van der Waals surface area (Å²) in [5, 5.41) is 2.56. The number of nitrogens with zero attached hydrogens (tertiary/aromatic N) is 1. The Balaban J connectivity index is 1.82. The average Bonchev–Trinajstić information content (AvgIpc) is 3.22. The number of nitrogens with one attached hydrogen (secondary N) is 2. The van der Waals surface area contributed by atoms with Gasteiger partial charge in [0.05, 0.1) is 12.6 Å². The molecule has 0 aliphatic heterocycles. The lowest BCUT2D eigenvalue weighted by Gasteiger charge is -2.19. The van der Waals surface area contributed by atoms with Crippen LogP contribution < -0.4 is 15.6 Å². The first kappa shape index (κ1) is 22.5. The van der Waals surface area contributed by atoms with Crippen molar-refractivity contribution in [2.75, 3.05) is 13.7 Å². The molecule has 1 aliphatic carbocycles. The molecule has 1 amide bonds. The summed E-state index contributed by atoms with van der Waals surface area (Å²) < 4.78 is 59.7. The lowest BCUT2D eigenvalue weighted by molar-refractivity contribution is -0.275. The van der Waals surface area contributed by atoms with Crippen LogP contribution in [0.25, 0.3) is 5.57 Å². The highest BCUT2D eigenvalue weighted by Gasteiger charge is 2.32. The molecule has 0 bridgehead atoms. The molecule has 11 heteroatoms. The maximum atomic E-state index is 14.1. The van der Waals surface area contributed by atoms with Crippen LogP contribution in [0.4, 0.5) is 17.6 Å². The Labute approximate surface area is 174 Å². The van der Waals surface area contributed by atoms with Crippen LogP contribution in [0.15, 0.2) is 35.1 Å². The quantitative estimate of drug-likeness (QED) is 0.642. The van der Waals surface area contributed by atoms with Gasteiger partial charge in [-0.1, -0.05) is 12.1 Å². The molecule has 7 nitrogen and oxygen atoms in total. The van der Waals surface area contributed by atoms with Crippen LogP contribution >= 0.6 is 0 Å². The number of aromatic amines is 1. The van der Waals surface area contributed by atoms with E-state index in [9.17, 15) is 27.2 Å². The van der Waals surface area contributed by atoms with Crippen LogP contribution in [0.2, 0.25) is 0 Å². The number of ether oxygens (including phenoxy) is 2. The number of carbonyl (C=O) groups excluding carboxylic acids is 1. The summed E-state index contributed by atoms with van der Waals surface area (Å²) in [5.41, 5.74) is 0.324. The lowest BCUT2D eigenvalue weighted by Crippen LogP contribution is -2.33. The molecule has 0 unspecified atom stereocenters. The third kappa shape index (κ3) is 5.91. The minimum Gasteiger partial charge on any atom is -0.403 e. The van der Waals surface area contributed by atoms with Crippen LogP contribution in [0.1, 0.15) is 47.2 Å². The third-order valence-corrected chi connectivity index (χ3v) is 4.54. The summed E-state index contributed by atoms with van der Waals surface area (Å²) in [6.45, 7) is -0.105. The Kier molecular flexibility index (Phi) is 6.74. The summed E-state index contributed by atoms with van der Waals surface area (Å²) >= 11 is 0. The highest BCUT2D eigenvalue weighted by Crippen LogP contribution is 2.28. The largest absolute Gasteiger partial charge is 0.573 e. The van der Waals surface area contributed by atoms with Gasteiger partial charge in [-0.2, -0.15) is 0 Å². The molecule has 1 heterocycles. The second kappa shape index (κ2) is 9.29. The molecule has 0 fully saturated rings. The van der Waals surface area contributed by atoms with Gasteiger partial charge >= 0.3 is 6.36 Å². The Bertz CT molecular complexity index is 1050. The van der Waals surface area contributed by atoms with Gasteiger partial charge in [-0.3, -0.25) is 9.59 Å². The molecule has 2 N–H and O–H groups in total. The molecule has 31 heavy (non-hydrogen) atoms. The van der Waals surface area contributed by atoms with Crippen LogP contribution in [-0.4, -0.2) is 36.0 Å². The summed E-state index contributed by atoms with van der Waals surface area (Å²) in [5.74, 6) is -2.67. The van der Waals surface area contributed by atoms with E-state index >= 15 is 0 Å². The maximum absolute atomic E-state index is 14.1. The monoisotopic (exact) mass is 441 g/mol. The zero-order valence-corrected chi connectivity index (χ0v) is 16.4. The fourth-order valence-corrected chi connectivity index (χ4v) is 3.17.